The van der Waals surface area contributed by atoms with Crippen molar-refractivity contribution >= 4 is 5.78 Å². The maximum atomic E-state index is 11.0. The largest absolute Gasteiger partial charge is 0.321 e. The van der Waals surface area contributed by atoms with Crippen LogP contribution in [0.5, 0.6) is 0 Å². The molecule has 1 aromatic rings. The minimum Gasteiger partial charge on any atom is -0.321 e. The Bertz CT molecular complexity index is 340. The van der Waals surface area contributed by atoms with E-state index in [1.165, 1.54) is 12.5 Å². The Morgan fingerprint density at radius 1 is 1.40 bits per heavy atom. The molecule has 2 nitrogen and oxygen atoms in total. The molecule has 0 bridgehead atoms. The van der Waals surface area contributed by atoms with Crippen LogP contribution in [-0.2, 0) is 17.6 Å². The fraction of sp³-hybridized carbons (Fsp3) is 0.308. The van der Waals surface area contributed by atoms with E-state index in [9.17, 15) is 4.79 Å². The maximum Gasteiger partial charge on any atom is 0.146 e. The zero-order valence-electron chi connectivity index (χ0n) is 9.07. The second kappa shape index (κ2) is 5.47. The number of hydrogen-bond acceptors (Lipinski definition) is 2. The highest BCUT2D eigenvalue weighted by Gasteiger charge is 2.08. The number of hydrogen-bond donors (Lipinski definition) is 1. The standard InChI is InChI=1S/C13H17NO/c1-3-4-11-5-7-12(8-6-11)9-13(14)10(2)15/h3,5-8,13H,1,4,9,14H2,2H3. The second-order valence-corrected chi connectivity index (χ2v) is 3.73. The first kappa shape index (κ1) is 11.7. The molecule has 0 fully saturated rings. The van der Waals surface area contributed by atoms with Gasteiger partial charge < -0.3 is 5.73 Å². The number of carbonyl (C=O) groups excluding carboxylic acids is 1. The SMILES string of the molecule is C=CCc1ccc(CC(N)C(C)=O)cc1. The van der Waals surface area contributed by atoms with E-state index in [1.54, 1.807) is 0 Å². The molecule has 0 amide bonds. The number of ketones is 1. The Labute approximate surface area is 90.8 Å². The predicted molar refractivity (Wildman–Crippen MR) is 62.7 cm³/mol. The minimum atomic E-state index is -0.379. The summed E-state index contributed by atoms with van der Waals surface area (Å²) in [5.41, 5.74) is 8.01. The van der Waals surface area contributed by atoms with Gasteiger partial charge in [-0.2, -0.15) is 0 Å². The van der Waals surface area contributed by atoms with Crippen LogP contribution in [0.3, 0.4) is 0 Å². The summed E-state index contributed by atoms with van der Waals surface area (Å²) < 4.78 is 0. The minimum absolute atomic E-state index is 0.0326. The van der Waals surface area contributed by atoms with Crippen LogP contribution in [-0.4, -0.2) is 11.8 Å². The van der Waals surface area contributed by atoms with Crippen LogP contribution in [0.2, 0.25) is 0 Å². The molecule has 0 heterocycles. The van der Waals surface area contributed by atoms with Crippen molar-refractivity contribution in [3.63, 3.8) is 0 Å². The predicted octanol–water partition coefficient (Wildman–Crippen LogP) is 1.87. The van der Waals surface area contributed by atoms with Gasteiger partial charge in [0.1, 0.15) is 5.78 Å². The molecular weight excluding hydrogens is 186 g/mol. The average Bonchev–Trinajstić information content (AvgIpc) is 2.21. The molecule has 80 valence electrons. The van der Waals surface area contributed by atoms with Gasteiger partial charge in [0.05, 0.1) is 6.04 Å². The van der Waals surface area contributed by atoms with Crippen molar-refractivity contribution in [1.82, 2.24) is 0 Å². The number of Topliss-reactive ketones (excluding diaryl/α,β-unsaturated/α-hetero) is 1. The lowest BCUT2D eigenvalue weighted by Crippen LogP contribution is -2.30. The van der Waals surface area contributed by atoms with Gasteiger partial charge in [-0.15, -0.1) is 6.58 Å². The summed E-state index contributed by atoms with van der Waals surface area (Å²) in [6.07, 6.45) is 3.36. The topological polar surface area (TPSA) is 43.1 Å². The van der Waals surface area contributed by atoms with Crippen molar-refractivity contribution in [2.75, 3.05) is 0 Å². The summed E-state index contributed by atoms with van der Waals surface area (Å²) in [6, 6.07) is 7.74. The fourth-order valence-corrected chi connectivity index (χ4v) is 1.38. The Morgan fingerprint density at radius 3 is 2.40 bits per heavy atom. The molecule has 1 rings (SSSR count). The number of carbonyl (C=O) groups is 1. The third-order valence-corrected chi connectivity index (χ3v) is 2.38. The van der Waals surface area contributed by atoms with Gasteiger partial charge in [0.25, 0.3) is 0 Å². The highest BCUT2D eigenvalue weighted by molar-refractivity contribution is 5.81. The smallest absolute Gasteiger partial charge is 0.146 e. The highest BCUT2D eigenvalue weighted by Crippen LogP contribution is 2.07. The summed E-state index contributed by atoms with van der Waals surface area (Å²) in [5, 5.41) is 0. The van der Waals surface area contributed by atoms with E-state index < -0.39 is 0 Å². The zero-order valence-corrected chi connectivity index (χ0v) is 9.07. The maximum absolute atomic E-state index is 11.0. The molecule has 15 heavy (non-hydrogen) atoms. The van der Waals surface area contributed by atoms with Crippen LogP contribution in [0.15, 0.2) is 36.9 Å². The Balaban J connectivity index is 2.64. The lowest BCUT2D eigenvalue weighted by molar-refractivity contribution is -0.118. The van der Waals surface area contributed by atoms with Gasteiger partial charge in [-0.3, -0.25) is 4.79 Å². The van der Waals surface area contributed by atoms with Crippen molar-refractivity contribution in [3.05, 3.63) is 48.0 Å². The Kier molecular flexibility index (Phi) is 4.25. The molecular formula is C13H17NO. The molecule has 1 aromatic carbocycles. The molecule has 2 heteroatoms. The van der Waals surface area contributed by atoms with Gasteiger partial charge in [0, 0.05) is 0 Å². The van der Waals surface area contributed by atoms with Crippen LogP contribution < -0.4 is 5.73 Å². The van der Waals surface area contributed by atoms with Crippen LogP contribution in [0.25, 0.3) is 0 Å². The first-order chi connectivity index (χ1) is 7.13. The lowest BCUT2D eigenvalue weighted by Gasteiger charge is -2.07. The van der Waals surface area contributed by atoms with E-state index in [-0.39, 0.29) is 11.8 Å². The van der Waals surface area contributed by atoms with Gasteiger partial charge in [-0.1, -0.05) is 30.3 Å². The van der Waals surface area contributed by atoms with Crippen molar-refractivity contribution in [1.29, 1.82) is 0 Å². The molecule has 0 spiro atoms. The summed E-state index contributed by atoms with van der Waals surface area (Å²) in [6.45, 7) is 5.21. The van der Waals surface area contributed by atoms with E-state index in [4.69, 9.17) is 5.73 Å². The van der Waals surface area contributed by atoms with E-state index in [0.29, 0.717) is 6.42 Å². The Morgan fingerprint density at radius 2 is 1.93 bits per heavy atom. The summed E-state index contributed by atoms with van der Waals surface area (Å²) in [5.74, 6) is 0.0326. The van der Waals surface area contributed by atoms with E-state index in [1.807, 2.05) is 30.3 Å². The van der Waals surface area contributed by atoms with Gasteiger partial charge in [0.15, 0.2) is 0 Å². The number of benzene rings is 1. The van der Waals surface area contributed by atoms with Gasteiger partial charge in [0.2, 0.25) is 0 Å². The van der Waals surface area contributed by atoms with Crippen molar-refractivity contribution < 1.29 is 4.79 Å². The van der Waals surface area contributed by atoms with Gasteiger partial charge in [-0.05, 0) is 30.9 Å². The molecule has 1 atom stereocenters. The zero-order chi connectivity index (χ0) is 11.3. The first-order valence-electron chi connectivity index (χ1n) is 5.08. The van der Waals surface area contributed by atoms with Crippen LogP contribution in [0.4, 0.5) is 0 Å². The first-order valence-corrected chi connectivity index (χ1v) is 5.08. The molecule has 2 N–H and O–H groups in total. The van der Waals surface area contributed by atoms with Crippen molar-refractivity contribution in [2.45, 2.75) is 25.8 Å². The summed E-state index contributed by atoms with van der Waals surface area (Å²) >= 11 is 0. The average molecular weight is 203 g/mol. The number of nitrogens with two attached hydrogens (primary N) is 1. The monoisotopic (exact) mass is 203 g/mol. The quantitative estimate of drug-likeness (QED) is 0.742. The van der Waals surface area contributed by atoms with Crippen molar-refractivity contribution in [3.8, 4) is 0 Å². The van der Waals surface area contributed by atoms with E-state index >= 15 is 0 Å². The fourth-order valence-electron chi connectivity index (χ4n) is 1.38. The lowest BCUT2D eigenvalue weighted by atomic mass is 10.0. The molecule has 0 saturated carbocycles. The summed E-state index contributed by atoms with van der Waals surface area (Å²) in [7, 11) is 0. The molecule has 0 saturated heterocycles. The number of allylic oxidation sites excluding steroid dienone is 1. The van der Waals surface area contributed by atoms with Crippen molar-refractivity contribution in [2.24, 2.45) is 5.73 Å². The molecule has 0 aliphatic heterocycles. The molecule has 0 aliphatic carbocycles. The van der Waals surface area contributed by atoms with Gasteiger partial charge >= 0.3 is 0 Å². The van der Waals surface area contributed by atoms with Crippen LogP contribution >= 0.6 is 0 Å². The van der Waals surface area contributed by atoms with Gasteiger partial charge in [-0.25, -0.2) is 0 Å². The molecule has 0 aromatic heterocycles. The second-order valence-electron chi connectivity index (χ2n) is 3.73. The van der Waals surface area contributed by atoms with Crippen LogP contribution in [0, 0.1) is 0 Å². The third kappa shape index (κ3) is 3.68. The Hall–Kier alpha value is -1.41. The molecule has 1 unspecified atom stereocenters. The van der Waals surface area contributed by atoms with E-state index in [2.05, 4.69) is 6.58 Å². The van der Waals surface area contributed by atoms with Crippen LogP contribution in [0.1, 0.15) is 18.1 Å². The normalized spacial score (nSPS) is 12.1. The highest BCUT2D eigenvalue weighted by atomic mass is 16.1. The van der Waals surface area contributed by atoms with E-state index in [0.717, 1.165) is 12.0 Å². The number of rotatable bonds is 5. The third-order valence-electron chi connectivity index (χ3n) is 2.38. The molecule has 0 aliphatic rings. The molecule has 0 radical (unpaired) electrons. The summed E-state index contributed by atoms with van der Waals surface area (Å²) in [4.78, 5) is 11.0.